The fraction of sp³-hybridized carbons (Fsp3) is 0.318. The van der Waals surface area contributed by atoms with E-state index in [1.54, 1.807) is 13.2 Å². The van der Waals surface area contributed by atoms with Crippen LogP contribution in [0.15, 0.2) is 42.6 Å². The highest BCUT2D eigenvalue weighted by Gasteiger charge is 2.21. The molecule has 3 aromatic rings. The third-order valence-electron chi connectivity index (χ3n) is 5.54. The van der Waals surface area contributed by atoms with Gasteiger partial charge in [0.25, 0.3) is 5.91 Å². The molecule has 1 saturated carbocycles. The number of nitrogens with one attached hydrogen (secondary N) is 2. The average molecular weight is 379 g/mol. The number of carbonyl (C=O) groups is 1. The average Bonchev–Trinajstić information content (AvgIpc) is 3.14. The lowest BCUT2D eigenvalue weighted by Crippen LogP contribution is -2.29. The maximum Gasteiger partial charge on any atom is 0.250 e. The van der Waals surface area contributed by atoms with Crippen molar-refractivity contribution in [1.29, 1.82) is 0 Å². The van der Waals surface area contributed by atoms with E-state index in [4.69, 9.17) is 10.5 Å². The van der Waals surface area contributed by atoms with Crippen molar-refractivity contribution in [3.05, 3.63) is 48.2 Å². The molecule has 0 unspecified atom stereocenters. The van der Waals surface area contributed by atoms with Gasteiger partial charge in [-0.15, -0.1) is 0 Å². The highest BCUT2D eigenvalue weighted by molar-refractivity contribution is 6.03. The van der Waals surface area contributed by atoms with Gasteiger partial charge in [-0.1, -0.05) is 12.1 Å². The molecule has 0 bridgehead atoms. The van der Waals surface area contributed by atoms with Crippen molar-refractivity contribution in [1.82, 2.24) is 4.98 Å². The number of nitrogens with two attached hydrogens (primary N) is 1. The standard InChI is InChI=1S/C22H25N3O3/c1-28-20-4-2-3-18-21(20)17(12-24-18)13-5-10-16(22(23)27)19(11-13)25-14-6-8-15(26)9-7-14/h2-5,10-12,14-15,24-26H,6-9H2,1H3,(H2,23,27). The van der Waals surface area contributed by atoms with Crippen molar-refractivity contribution in [2.24, 2.45) is 5.73 Å². The van der Waals surface area contributed by atoms with Gasteiger partial charge in [0.05, 0.1) is 18.8 Å². The maximum atomic E-state index is 11.9. The number of amides is 1. The highest BCUT2D eigenvalue weighted by atomic mass is 16.5. The molecule has 6 nitrogen and oxygen atoms in total. The zero-order chi connectivity index (χ0) is 19.7. The van der Waals surface area contributed by atoms with Crippen LogP contribution >= 0.6 is 0 Å². The van der Waals surface area contributed by atoms with Crippen molar-refractivity contribution in [3.8, 4) is 16.9 Å². The lowest BCUT2D eigenvalue weighted by molar-refractivity contribution is 0.100. The molecule has 0 atom stereocenters. The Bertz CT molecular complexity index is 1000. The van der Waals surface area contributed by atoms with Crippen molar-refractivity contribution < 1.29 is 14.6 Å². The lowest BCUT2D eigenvalue weighted by atomic mass is 9.92. The van der Waals surface area contributed by atoms with Crippen LogP contribution in [0.1, 0.15) is 36.0 Å². The number of ether oxygens (including phenoxy) is 1. The number of fused-ring (bicyclic) bond motifs is 1. The number of anilines is 1. The number of hydrogen-bond acceptors (Lipinski definition) is 4. The summed E-state index contributed by atoms with van der Waals surface area (Å²) in [5.74, 6) is 0.338. The number of rotatable bonds is 5. The van der Waals surface area contributed by atoms with Crippen LogP contribution in [0.3, 0.4) is 0 Å². The molecular formula is C22H25N3O3. The third kappa shape index (κ3) is 3.43. The molecule has 1 aromatic heterocycles. The summed E-state index contributed by atoms with van der Waals surface area (Å²) >= 11 is 0. The van der Waals surface area contributed by atoms with Gasteiger partial charge in [0.2, 0.25) is 0 Å². The summed E-state index contributed by atoms with van der Waals surface area (Å²) in [4.78, 5) is 15.2. The van der Waals surface area contributed by atoms with Crippen LogP contribution in [0.25, 0.3) is 22.0 Å². The number of methoxy groups -OCH3 is 1. The van der Waals surface area contributed by atoms with E-state index in [9.17, 15) is 9.90 Å². The van der Waals surface area contributed by atoms with Crippen LogP contribution in [-0.2, 0) is 0 Å². The van der Waals surface area contributed by atoms with E-state index < -0.39 is 5.91 Å². The summed E-state index contributed by atoms with van der Waals surface area (Å²) < 4.78 is 5.54. The molecule has 1 aliphatic rings. The topological polar surface area (TPSA) is 100 Å². The molecule has 2 aromatic carbocycles. The number of primary amides is 1. The van der Waals surface area contributed by atoms with Crippen LogP contribution in [0.4, 0.5) is 5.69 Å². The van der Waals surface area contributed by atoms with Gasteiger partial charge >= 0.3 is 0 Å². The molecule has 6 heteroatoms. The zero-order valence-electron chi connectivity index (χ0n) is 15.9. The second-order valence-corrected chi connectivity index (χ2v) is 7.36. The van der Waals surface area contributed by atoms with Gasteiger partial charge < -0.3 is 25.9 Å². The third-order valence-corrected chi connectivity index (χ3v) is 5.54. The summed E-state index contributed by atoms with van der Waals surface area (Å²) in [5, 5.41) is 14.2. The molecule has 0 radical (unpaired) electrons. The van der Waals surface area contributed by atoms with Crippen molar-refractivity contribution in [2.45, 2.75) is 37.8 Å². The van der Waals surface area contributed by atoms with E-state index in [0.717, 1.165) is 59.2 Å². The number of aliphatic hydroxyl groups is 1. The summed E-state index contributed by atoms with van der Waals surface area (Å²) in [6.45, 7) is 0. The number of carbonyl (C=O) groups excluding carboxylic acids is 1. The maximum absolute atomic E-state index is 11.9. The zero-order valence-corrected chi connectivity index (χ0v) is 15.9. The lowest BCUT2D eigenvalue weighted by Gasteiger charge is -2.28. The van der Waals surface area contributed by atoms with Gasteiger partial charge in [0.1, 0.15) is 5.75 Å². The Morgan fingerprint density at radius 2 is 2.00 bits per heavy atom. The van der Waals surface area contributed by atoms with E-state index in [0.29, 0.717) is 5.56 Å². The Hall–Kier alpha value is -2.99. The predicted octanol–water partition coefficient (Wildman–Crippen LogP) is 3.66. The fourth-order valence-corrected chi connectivity index (χ4v) is 4.04. The molecule has 5 N–H and O–H groups in total. The van der Waals surface area contributed by atoms with Crippen molar-refractivity contribution in [3.63, 3.8) is 0 Å². The minimum atomic E-state index is -0.457. The van der Waals surface area contributed by atoms with Crippen LogP contribution in [0, 0.1) is 0 Å². The molecule has 0 spiro atoms. The Morgan fingerprint density at radius 3 is 2.71 bits per heavy atom. The van der Waals surface area contributed by atoms with E-state index in [1.165, 1.54) is 0 Å². The summed E-state index contributed by atoms with van der Waals surface area (Å²) in [6, 6.07) is 11.8. The second-order valence-electron chi connectivity index (χ2n) is 7.36. The molecule has 1 aliphatic carbocycles. The molecule has 28 heavy (non-hydrogen) atoms. The number of hydrogen-bond donors (Lipinski definition) is 4. The Kier molecular flexibility index (Phi) is 4.96. The predicted molar refractivity (Wildman–Crippen MR) is 111 cm³/mol. The van der Waals surface area contributed by atoms with Gasteiger partial charge in [0.15, 0.2) is 0 Å². The number of benzene rings is 2. The molecule has 0 aliphatic heterocycles. The SMILES string of the molecule is COc1cccc2[nH]cc(-c3ccc(C(N)=O)c(NC4CCC(O)CC4)c3)c12. The van der Waals surface area contributed by atoms with Crippen LogP contribution in [-0.4, -0.2) is 35.3 Å². The molecule has 1 amide bonds. The quantitative estimate of drug-likeness (QED) is 0.543. The molecule has 4 rings (SSSR count). The monoisotopic (exact) mass is 379 g/mol. The van der Waals surface area contributed by atoms with Gasteiger partial charge in [-0.3, -0.25) is 4.79 Å². The van der Waals surface area contributed by atoms with E-state index in [-0.39, 0.29) is 12.1 Å². The Morgan fingerprint density at radius 1 is 1.21 bits per heavy atom. The number of aromatic amines is 1. The van der Waals surface area contributed by atoms with Gasteiger partial charge in [-0.05, 0) is 55.5 Å². The Balaban J connectivity index is 1.74. The number of aliphatic hydroxyl groups excluding tert-OH is 1. The molecule has 1 fully saturated rings. The molecule has 0 saturated heterocycles. The minimum absolute atomic E-state index is 0.217. The smallest absolute Gasteiger partial charge is 0.250 e. The largest absolute Gasteiger partial charge is 0.496 e. The fourth-order valence-electron chi connectivity index (χ4n) is 4.04. The summed E-state index contributed by atoms with van der Waals surface area (Å²) in [5.41, 5.74) is 9.77. The first-order chi connectivity index (χ1) is 13.6. The second kappa shape index (κ2) is 7.56. The molecule has 146 valence electrons. The van der Waals surface area contributed by atoms with E-state index >= 15 is 0 Å². The van der Waals surface area contributed by atoms with Crippen LogP contribution in [0.5, 0.6) is 5.75 Å². The molecule has 1 heterocycles. The minimum Gasteiger partial charge on any atom is -0.496 e. The van der Waals surface area contributed by atoms with Gasteiger partial charge in [-0.2, -0.15) is 0 Å². The normalized spacial score (nSPS) is 19.5. The van der Waals surface area contributed by atoms with Crippen molar-refractivity contribution >= 4 is 22.5 Å². The van der Waals surface area contributed by atoms with Crippen molar-refractivity contribution in [2.75, 3.05) is 12.4 Å². The first-order valence-corrected chi connectivity index (χ1v) is 9.59. The highest BCUT2D eigenvalue weighted by Crippen LogP contribution is 2.37. The first kappa shape index (κ1) is 18.4. The van der Waals surface area contributed by atoms with Gasteiger partial charge in [-0.25, -0.2) is 0 Å². The number of H-pyrrole nitrogens is 1. The van der Waals surface area contributed by atoms with Gasteiger partial charge in [0, 0.05) is 34.4 Å². The van der Waals surface area contributed by atoms with E-state index in [1.807, 2.05) is 36.5 Å². The van der Waals surface area contributed by atoms with E-state index in [2.05, 4.69) is 10.3 Å². The molecular weight excluding hydrogens is 354 g/mol. The van der Waals surface area contributed by atoms with Crippen LogP contribution < -0.4 is 15.8 Å². The Labute approximate surface area is 163 Å². The first-order valence-electron chi connectivity index (χ1n) is 9.59. The number of aromatic nitrogens is 1. The summed E-state index contributed by atoms with van der Waals surface area (Å²) in [6.07, 6.45) is 4.99. The summed E-state index contributed by atoms with van der Waals surface area (Å²) in [7, 11) is 1.66. The van der Waals surface area contributed by atoms with Crippen LogP contribution in [0.2, 0.25) is 0 Å².